The van der Waals surface area contributed by atoms with Crippen LogP contribution in [0, 0.1) is 0 Å². The normalized spacial score (nSPS) is 16.7. The third-order valence-corrected chi connectivity index (χ3v) is 1.18. The van der Waals surface area contributed by atoms with Crippen molar-refractivity contribution in [1.29, 1.82) is 0 Å². The number of aromatic nitrogens is 2. The van der Waals surface area contributed by atoms with E-state index in [2.05, 4.69) is 14.7 Å². The van der Waals surface area contributed by atoms with Crippen molar-refractivity contribution in [3.05, 3.63) is 12.2 Å². The molecule has 2 atom stereocenters. The Balaban J connectivity index is 2.68. The first-order valence-corrected chi connectivity index (χ1v) is 2.92. The van der Waals surface area contributed by atoms with Crippen LogP contribution in [0.5, 0.6) is 0 Å². The molecule has 0 radical (unpaired) electrons. The van der Waals surface area contributed by atoms with Gasteiger partial charge < -0.3 is 15.4 Å². The van der Waals surface area contributed by atoms with Crippen LogP contribution in [0.3, 0.4) is 0 Å². The van der Waals surface area contributed by atoms with Crippen LogP contribution in [0.1, 0.15) is 18.9 Å². The second kappa shape index (κ2) is 2.76. The van der Waals surface area contributed by atoms with Crippen LogP contribution in [-0.4, -0.2) is 21.4 Å². The summed E-state index contributed by atoms with van der Waals surface area (Å²) in [5, 5.41) is 12.3. The van der Waals surface area contributed by atoms with Gasteiger partial charge in [0.05, 0.1) is 6.10 Å². The Morgan fingerprint density at radius 1 is 1.80 bits per heavy atom. The first-order valence-electron chi connectivity index (χ1n) is 2.92. The Kier molecular flexibility index (Phi) is 1.98. The molecule has 1 aromatic rings. The molecule has 0 aliphatic carbocycles. The van der Waals surface area contributed by atoms with Crippen molar-refractivity contribution < 1.29 is 9.63 Å². The van der Waals surface area contributed by atoms with Crippen molar-refractivity contribution in [2.45, 2.75) is 19.1 Å². The Hall–Kier alpha value is -0.940. The number of rotatable bonds is 2. The molecule has 56 valence electrons. The summed E-state index contributed by atoms with van der Waals surface area (Å²) < 4.78 is 4.61. The van der Waals surface area contributed by atoms with Crippen LogP contribution in [0.15, 0.2) is 10.9 Å². The summed E-state index contributed by atoms with van der Waals surface area (Å²) >= 11 is 0. The minimum absolute atomic E-state index is 0.259. The molecule has 10 heavy (non-hydrogen) atoms. The second-order valence-corrected chi connectivity index (χ2v) is 2.05. The van der Waals surface area contributed by atoms with Gasteiger partial charge in [0, 0.05) is 0 Å². The largest absolute Gasteiger partial charge is 0.391 e. The number of nitrogens with zero attached hydrogens (tertiary/aromatic N) is 2. The van der Waals surface area contributed by atoms with Crippen molar-refractivity contribution in [3.63, 3.8) is 0 Å². The minimum atomic E-state index is -0.666. The average Bonchev–Trinajstić information content (AvgIpc) is 2.36. The highest BCUT2D eigenvalue weighted by atomic mass is 16.5. The number of hydrogen-bond donors (Lipinski definition) is 2. The van der Waals surface area contributed by atoms with Crippen molar-refractivity contribution in [2.75, 3.05) is 0 Å². The van der Waals surface area contributed by atoms with Crippen LogP contribution in [0.2, 0.25) is 0 Å². The molecule has 0 saturated heterocycles. The fraction of sp³-hybridized carbons (Fsp3) is 0.600. The maximum atomic E-state index is 8.94. The Labute approximate surface area is 57.8 Å². The molecular formula is C5H9N3O2. The summed E-state index contributed by atoms with van der Waals surface area (Å²) in [6, 6.07) is -0.581. The molecule has 0 aliphatic heterocycles. The minimum Gasteiger partial charge on any atom is -0.391 e. The molecule has 3 N–H and O–H groups in total. The molecule has 0 aliphatic rings. The molecule has 1 aromatic heterocycles. The molecule has 0 aromatic carbocycles. The molecule has 5 nitrogen and oxygen atoms in total. The fourth-order valence-electron chi connectivity index (χ4n) is 0.535. The Morgan fingerprint density at radius 2 is 2.50 bits per heavy atom. The van der Waals surface area contributed by atoms with Crippen LogP contribution in [-0.2, 0) is 0 Å². The zero-order valence-corrected chi connectivity index (χ0v) is 5.56. The van der Waals surface area contributed by atoms with Crippen molar-refractivity contribution in [1.82, 2.24) is 10.1 Å². The van der Waals surface area contributed by atoms with Gasteiger partial charge in [-0.05, 0) is 6.92 Å². The van der Waals surface area contributed by atoms with Crippen molar-refractivity contribution in [2.24, 2.45) is 5.73 Å². The summed E-state index contributed by atoms with van der Waals surface area (Å²) in [4.78, 5) is 3.67. The van der Waals surface area contributed by atoms with Crippen LogP contribution in [0.25, 0.3) is 0 Å². The quantitative estimate of drug-likeness (QED) is 0.580. The molecule has 0 spiro atoms. The molecule has 0 saturated carbocycles. The number of aliphatic hydroxyl groups excluding tert-OH is 1. The lowest BCUT2D eigenvalue weighted by atomic mass is 10.2. The van der Waals surface area contributed by atoms with E-state index in [-0.39, 0.29) is 5.89 Å². The standard InChI is InChI=1S/C5H9N3O2/c1-3(9)4(6)5-7-2-8-10-5/h2-4,9H,6H2,1H3/t3-,4-/m0/s1. The summed E-state index contributed by atoms with van der Waals surface area (Å²) in [6.45, 7) is 1.56. The SMILES string of the molecule is C[C@H](O)[C@H](N)c1ncno1. The predicted octanol–water partition coefficient (Wildman–Crippen LogP) is -0.550. The van der Waals surface area contributed by atoms with E-state index in [1.54, 1.807) is 6.92 Å². The van der Waals surface area contributed by atoms with E-state index in [9.17, 15) is 0 Å². The van der Waals surface area contributed by atoms with Gasteiger partial charge in [-0.2, -0.15) is 4.98 Å². The lowest BCUT2D eigenvalue weighted by molar-refractivity contribution is 0.146. The van der Waals surface area contributed by atoms with E-state index in [1.165, 1.54) is 6.33 Å². The molecule has 5 heteroatoms. The van der Waals surface area contributed by atoms with Gasteiger partial charge in [0.15, 0.2) is 6.33 Å². The third-order valence-electron chi connectivity index (χ3n) is 1.18. The maximum Gasteiger partial charge on any atom is 0.245 e. The monoisotopic (exact) mass is 143 g/mol. The number of nitrogens with two attached hydrogens (primary N) is 1. The highest BCUT2D eigenvalue weighted by Crippen LogP contribution is 2.08. The number of hydrogen-bond acceptors (Lipinski definition) is 5. The van der Waals surface area contributed by atoms with Gasteiger partial charge in [-0.3, -0.25) is 0 Å². The molecule has 0 bridgehead atoms. The van der Waals surface area contributed by atoms with Gasteiger partial charge in [0.2, 0.25) is 5.89 Å². The second-order valence-electron chi connectivity index (χ2n) is 2.05. The van der Waals surface area contributed by atoms with E-state index in [4.69, 9.17) is 10.8 Å². The van der Waals surface area contributed by atoms with Gasteiger partial charge in [-0.15, -0.1) is 0 Å². The average molecular weight is 143 g/mol. The lowest BCUT2D eigenvalue weighted by Crippen LogP contribution is -2.23. The first-order chi connectivity index (χ1) is 4.72. The van der Waals surface area contributed by atoms with E-state index in [0.717, 1.165) is 0 Å². The van der Waals surface area contributed by atoms with Crippen molar-refractivity contribution in [3.8, 4) is 0 Å². The highest BCUT2D eigenvalue weighted by Gasteiger charge is 2.16. The van der Waals surface area contributed by atoms with E-state index < -0.39 is 12.1 Å². The highest BCUT2D eigenvalue weighted by molar-refractivity contribution is 4.87. The first kappa shape index (κ1) is 7.17. The van der Waals surface area contributed by atoms with Gasteiger partial charge in [-0.25, -0.2) is 0 Å². The predicted molar refractivity (Wildman–Crippen MR) is 32.9 cm³/mol. The molecule has 0 unspecified atom stereocenters. The topological polar surface area (TPSA) is 85.2 Å². The van der Waals surface area contributed by atoms with E-state index in [0.29, 0.717) is 0 Å². The lowest BCUT2D eigenvalue weighted by Gasteiger charge is -2.07. The van der Waals surface area contributed by atoms with Gasteiger partial charge in [-0.1, -0.05) is 5.16 Å². The maximum absolute atomic E-state index is 8.94. The molecule has 0 amide bonds. The van der Waals surface area contributed by atoms with Crippen LogP contribution < -0.4 is 5.73 Å². The van der Waals surface area contributed by atoms with E-state index >= 15 is 0 Å². The van der Waals surface area contributed by atoms with Gasteiger partial charge in [0.1, 0.15) is 6.04 Å². The van der Waals surface area contributed by atoms with E-state index in [1.807, 2.05) is 0 Å². The van der Waals surface area contributed by atoms with Crippen LogP contribution in [0.4, 0.5) is 0 Å². The zero-order chi connectivity index (χ0) is 7.56. The molecular weight excluding hydrogens is 134 g/mol. The zero-order valence-electron chi connectivity index (χ0n) is 5.56. The molecule has 1 rings (SSSR count). The molecule has 1 heterocycles. The smallest absolute Gasteiger partial charge is 0.245 e. The Bertz CT molecular complexity index is 185. The fourth-order valence-corrected chi connectivity index (χ4v) is 0.535. The third kappa shape index (κ3) is 1.31. The number of aliphatic hydroxyl groups is 1. The summed E-state index contributed by atoms with van der Waals surface area (Å²) in [5.74, 6) is 0.259. The van der Waals surface area contributed by atoms with Gasteiger partial charge in [0.25, 0.3) is 0 Å². The Morgan fingerprint density at radius 3 is 2.90 bits per heavy atom. The van der Waals surface area contributed by atoms with Crippen molar-refractivity contribution >= 4 is 0 Å². The molecule has 0 fully saturated rings. The van der Waals surface area contributed by atoms with Crippen LogP contribution >= 0.6 is 0 Å². The summed E-state index contributed by atoms with van der Waals surface area (Å²) in [5.41, 5.74) is 5.44. The van der Waals surface area contributed by atoms with Gasteiger partial charge >= 0.3 is 0 Å². The summed E-state index contributed by atoms with van der Waals surface area (Å²) in [7, 11) is 0. The summed E-state index contributed by atoms with van der Waals surface area (Å²) in [6.07, 6.45) is 0.581.